The Balaban J connectivity index is 2.58. The molecule has 2 aromatic rings. The van der Waals surface area contributed by atoms with Gasteiger partial charge in [-0.15, -0.1) is 11.3 Å². The van der Waals surface area contributed by atoms with Crippen LogP contribution in [0, 0.1) is 6.92 Å². The first-order chi connectivity index (χ1) is 6.70. The number of benzene rings is 1. The second-order valence-corrected chi connectivity index (χ2v) is 4.81. The molecule has 0 aliphatic rings. The monoisotopic (exact) mass is 226 g/mol. The largest absolute Gasteiger partial charge is 0.492 e. The quantitative estimate of drug-likeness (QED) is 0.744. The number of ether oxygens (including phenoxy) is 1. The van der Waals surface area contributed by atoms with Crippen molar-refractivity contribution in [2.75, 3.05) is 6.61 Å². The standard InChI is InChI=1S/C11H11ClOS/c1-3-13-10-5-8-4-7(2)14-11(8)6-9(10)12/h4-6H,3H2,1-2H3. The first-order valence-corrected chi connectivity index (χ1v) is 5.72. The summed E-state index contributed by atoms with van der Waals surface area (Å²) in [5.41, 5.74) is 0. The van der Waals surface area contributed by atoms with E-state index in [2.05, 4.69) is 13.0 Å². The molecule has 0 spiro atoms. The number of hydrogen-bond acceptors (Lipinski definition) is 2. The third-order valence-electron chi connectivity index (χ3n) is 1.99. The van der Waals surface area contributed by atoms with Gasteiger partial charge in [0.05, 0.1) is 11.6 Å². The molecule has 0 unspecified atom stereocenters. The minimum absolute atomic E-state index is 0.647. The van der Waals surface area contributed by atoms with Crippen molar-refractivity contribution in [1.82, 2.24) is 0 Å². The maximum absolute atomic E-state index is 6.07. The summed E-state index contributed by atoms with van der Waals surface area (Å²) in [5, 5.41) is 1.90. The summed E-state index contributed by atoms with van der Waals surface area (Å²) in [6.45, 7) is 4.70. The van der Waals surface area contributed by atoms with Crippen LogP contribution in [0.2, 0.25) is 5.02 Å². The fourth-order valence-electron chi connectivity index (χ4n) is 1.44. The van der Waals surface area contributed by atoms with Gasteiger partial charge in [-0.25, -0.2) is 0 Å². The molecule has 0 aliphatic heterocycles. The van der Waals surface area contributed by atoms with Crippen molar-refractivity contribution in [3.8, 4) is 5.75 Å². The van der Waals surface area contributed by atoms with Crippen LogP contribution in [0.1, 0.15) is 11.8 Å². The lowest BCUT2D eigenvalue weighted by atomic mass is 10.2. The second-order valence-electron chi connectivity index (χ2n) is 3.11. The average Bonchev–Trinajstić information content (AvgIpc) is 2.45. The van der Waals surface area contributed by atoms with Crippen molar-refractivity contribution < 1.29 is 4.74 Å². The minimum Gasteiger partial charge on any atom is -0.492 e. The Hall–Kier alpha value is -0.730. The smallest absolute Gasteiger partial charge is 0.138 e. The lowest BCUT2D eigenvalue weighted by molar-refractivity contribution is 0.341. The molecule has 0 N–H and O–H groups in total. The Labute approximate surface area is 92.3 Å². The maximum Gasteiger partial charge on any atom is 0.138 e. The van der Waals surface area contributed by atoms with Gasteiger partial charge in [0.25, 0.3) is 0 Å². The molecule has 0 aliphatic carbocycles. The van der Waals surface area contributed by atoms with E-state index < -0.39 is 0 Å². The van der Waals surface area contributed by atoms with Gasteiger partial charge < -0.3 is 4.74 Å². The Morgan fingerprint density at radius 2 is 2.14 bits per heavy atom. The Kier molecular flexibility index (Phi) is 2.66. The van der Waals surface area contributed by atoms with Gasteiger partial charge in [0.2, 0.25) is 0 Å². The molecule has 0 atom stereocenters. The predicted molar refractivity (Wildman–Crippen MR) is 62.7 cm³/mol. The highest BCUT2D eigenvalue weighted by atomic mass is 35.5. The Morgan fingerprint density at radius 3 is 2.86 bits per heavy atom. The number of rotatable bonds is 2. The maximum atomic E-state index is 6.07. The second kappa shape index (κ2) is 3.79. The van der Waals surface area contributed by atoms with Gasteiger partial charge in [-0.2, -0.15) is 0 Å². The molecular weight excluding hydrogens is 216 g/mol. The van der Waals surface area contributed by atoms with Crippen LogP contribution in [0.5, 0.6) is 5.75 Å². The zero-order valence-electron chi connectivity index (χ0n) is 8.13. The van der Waals surface area contributed by atoms with Crippen LogP contribution >= 0.6 is 22.9 Å². The van der Waals surface area contributed by atoms with Crippen LogP contribution in [0.4, 0.5) is 0 Å². The van der Waals surface area contributed by atoms with Crippen LogP contribution in [0.3, 0.4) is 0 Å². The highest BCUT2D eigenvalue weighted by molar-refractivity contribution is 7.19. The highest BCUT2D eigenvalue weighted by Crippen LogP contribution is 2.34. The first kappa shape index (κ1) is 9.81. The van der Waals surface area contributed by atoms with Gasteiger partial charge in [0.1, 0.15) is 5.75 Å². The summed E-state index contributed by atoms with van der Waals surface area (Å²) in [5.74, 6) is 0.777. The number of aryl methyl sites for hydroxylation is 1. The van der Waals surface area contributed by atoms with Gasteiger partial charge in [-0.05, 0) is 37.4 Å². The molecule has 0 amide bonds. The van der Waals surface area contributed by atoms with E-state index in [9.17, 15) is 0 Å². The van der Waals surface area contributed by atoms with Crippen molar-refractivity contribution in [2.24, 2.45) is 0 Å². The summed E-state index contributed by atoms with van der Waals surface area (Å²) in [6.07, 6.45) is 0. The molecular formula is C11H11ClOS. The van der Waals surface area contributed by atoms with E-state index in [1.54, 1.807) is 11.3 Å². The van der Waals surface area contributed by atoms with Crippen LogP contribution in [-0.4, -0.2) is 6.61 Å². The van der Waals surface area contributed by atoms with Crippen LogP contribution in [0.15, 0.2) is 18.2 Å². The van der Waals surface area contributed by atoms with Gasteiger partial charge in [-0.1, -0.05) is 11.6 Å². The third-order valence-corrected chi connectivity index (χ3v) is 3.30. The normalized spacial score (nSPS) is 10.8. The van der Waals surface area contributed by atoms with Crippen molar-refractivity contribution in [2.45, 2.75) is 13.8 Å². The van der Waals surface area contributed by atoms with Crippen molar-refractivity contribution >= 4 is 33.0 Å². The molecule has 0 bridgehead atoms. The van der Waals surface area contributed by atoms with Crippen molar-refractivity contribution in [3.63, 3.8) is 0 Å². The van der Waals surface area contributed by atoms with Gasteiger partial charge in [-0.3, -0.25) is 0 Å². The third kappa shape index (κ3) is 1.72. The molecule has 0 radical (unpaired) electrons. The molecule has 1 nitrogen and oxygen atoms in total. The summed E-state index contributed by atoms with van der Waals surface area (Å²) < 4.78 is 6.65. The molecule has 0 saturated carbocycles. The molecule has 0 fully saturated rings. The van der Waals surface area contributed by atoms with E-state index >= 15 is 0 Å². The van der Waals surface area contributed by atoms with E-state index in [0.29, 0.717) is 11.6 Å². The van der Waals surface area contributed by atoms with Crippen molar-refractivity contribution in [1.29, 1.82) is 0 Å². The SMILES string of the molecule is CCOc1cc2cc(C)sc2cc1Cl. The Bertz CT molecular complexity index is 462. The molecule has 14 heavy (non-hydrogen) atoms. The predicted octanol–water partition coefficient (Wildman–Crippen LogP) is 4.26. The molecule has 2 rings (SSSR count). The number of thiophene rings is 1. The number of halogens is 1. The molecule has 3 heteroatoms. The topological polar surface area (TPSA) is 9.23 Å². The van der Waals surface area contributed by atoms with Gasteiger partial charge >= 0.3 is 0 Å². The van der Waals surface area contributed by atoms with Gasteiger partial charge in [0, 0.05) is 9.58 Å². The Morgan fingerprint density at radius 1 is 1.36 bits per heavy atom. The van der Waals surface area contributed by atoms with Crippen molar-refractivity contribution in [3.05, 3.63) is 28.1 Å². The van der Waals surface area contributed by atoms with E-state index in [0.717, 1.165) is 5.75 Å². The molecule has 1 aromatic heterocycles. The van der Waals surface area contributed by atoms with E-state index in [1.165, 1.54) is 15.0 Å². The fourth-order valence-corrected chi connectivity index (χ4v) is 2.67. The minimum atomic E-state index is 0.647. The number of fused-ring (bicyclic) bond motifs is 1. The number of hydrogen-bond donors (Lipinski definition) is 0. The van der Waals surface area contributed by atoms with E-state index in [1.807, 2.05) is 19.1 Å². The molecule has 1 aromatic carbocycles. The first-order valence-electron chi connectivity index (χ1n) is 4.53. The lowest BCUT2D eigenvalue weighted by Gasteiger charge is -2.04. The zero-order valence-corrected chi connectivity index (χ0v) is 9.71. The summed E-state index contributed by atoms with van der Waals surface area (Å²) >= 11 is 7.83. The fraction of sp³-hybridized carbons (Fsp3) is 0.273. The van der Waals surface area contributed by atoms with Crippen LogP contribution in [-0.2, 0) is 0 Å². The molecule has 1 heterocycles. The molecule has 74 valence electrons. The van der Waals surface area contributed by atoms with Gasteiger partial charge in [0.15, 0.2) is 0 Å². The molecule has 0 saturated heterocycles. The van der Waals surface area contributed by atoms with E-state index in [-0.39, 0.29) is 0 Å². The summed E-state index contributed by atoms with van der Waals surface area (Å²) in [6, 6.07) is 6.13. The summed E-state index contributed by atoms with van der Waals surface area (Å²) in [7, 11) is 0. The average molecular weight is 227 g/mol. The lowest BCUT2D eigenvalue weighted by Crippen LogP contribution is -1.91. The van der Waals surface area contributed by atoms with E-state index in [4.69, 9.17) is 16.3 Å². The van der Waals surface area contributed by atoms with Crippen LogP contribution in [0.25, 0.3) is 10.1 Å². The zero-order chi connectivity index (χ0) is 10.1. The highest BCUT2D eigenvalue weighted by Gasteiger charge is 2.05. The summed E-state index contributed by atoms with van der Waals surface area (Å²) in [4.78, 5) is 1.30. The van der Waals surface area contributed by atoms with Crippen LogP contribution < -0.4 is 4.74 Å².